The van der Waals surface area contributed by atoms with Gasteiger partial charge in [-0.15, -0.1) is 0 Å². The summed E-state index contributed by atoms with van der Waals surface area (Å²) in [6.07, 6.45) is 6.80. The van der Waals surface area contributed by atoms with Crippen molar-refractivity contribution in [3.63, 3.8) is 0 Å². The van der Waals surface area contributed by atoms with Crippen molar-refractivity contribution in [2.24, 2.45) is 11.8 Å². The maximum atomic E-state index is 2.44. The molecule has 0 heteroatoms. The minimum atomic E-state index is 0.886. The summed E-state index contributed by atoms with van der Waals surface area (Å²) in [6, 6.07) is 0. The van der Waals surface area contributed by atoms with Gasteiger partial charge in [-0.1, -0.05) is 29.2 Å². The maximum absolute atomic E-state index is 2.44. The van der Waals surface area contributed by atoms with Crippen molar-refractivity contribution < 1.29 is 0 Å². The molecule has 2 aliphatic rings. The number of allylic oxidation sites excluding steroid dienone is 4. The van der Waals surface area contributed by atoms with Gasteiger partial charge < -0.3 is 0 Å². The molecule has 0 unspecified atom stereocenters. The first-order valence-electron chi connectivity index (χ1n) is 6.43. The lowest BCUT2D eigenvalue weighted by atomic mass is 9.87. The van der Waals surface area contributed by atoms with Gasteiger partial charge >= 0.3 is 0 Å². The second kappa shape index (κ2) is 4.15. The van der Waals surface area contributed by atoms with E-state index in [9.17, 15) is 0 Å². The second-order valence-corrected chi connectivity index (χ2v) is 5.74. The lowest BCUT2D eigenvalue weighted by Gasteiger charge is -2.18. The van der Waals surface area contributed by atoms with Crippen LogP contribution in [0.1, 0.15) is 59.8 Å². The van der Waals surface area contributed by atoms with E-state index in [4.69, 9.17) is 0 Å². The van der Waals surface area contributed by atoms with Crippen LogP contribution < -0.4 is 0 Å². The molecular weight excluding hydrogens is 180 g/mol. The first-order chi connectivity index (χ1) is 7.09. The van der Waals surface area contributed by atoms with Gasteiger partial charge in [-0.3, -0.25) is 0 Å². The fraction of sp³-hybridized carbons (Fsp3) is 0.733. The van der Waals surface area contributed by atoms with Crippen LogP contribution in [0.2, 0.25) is 0 Å². The van der Waals surface area contributed by atoms with E-state index in [1.807, 2.05) is 5.57 Å². The summed E-state index contributed by atoms with van der Waals surface area (Å²) in [5.74, 6) is 1.81. The molecule has 2 rings (SSSR count). The van der Waals surface area contributed by atoms with Gasteiger partial charge in [0.2, 0.25) is 0 Å². The molecule has 0 saturated heterocycles. The number of fused-ring (bicyclic) bond motifs is 1. The Morgan fingerprint density at radius 1 is 1.13 bits per heavy atom. The first kappa shape index (κ1) is 11.0. The van der Waals surface area contributed by atoms with E-state index >= 15 is 0 Å². The Morgan fingerprint density at radius 3 is 2.53 bits per heavy atom. The molecule has 84 valence electrons. The molecule has 0 aliphatic heterocycles. The van der Waals surface area contributed by atoms with E-state index in [-0.39, 0.29) is 0 Å². The highest BCUT2D eigenvalue weighted by Crippen LogP contribution is 2.45. The molecule has 2 aliphatic carbocycles. The van der Waals surface area contributed by atoms with Gasteiger partial charge in [0, 0.05) is 0 Å². The average molecular weight is 204 g/mol. The molecule has 0 aromatic carbocycles. The summed E-state index contributed by atoms with van der Waals surface area (Å²) in [5, 5.41) is 0. The summed E-state index contributed by atoms with van der Waals surface area (Å²) >= 11 is 0. The summed E-state index contributed by atoms with van der Waals surface area (Å²) in [7, 11) is 0. The fourth-order valence-electron chi connectivity index (χ4n) is 3.29. The van der Waals surface area contributed by atoms with Gasteiger partial charge in [-0.25, -0.2) is 0 Å². The van der Waals surface area contributed by atoms with Crippen LogP contribution in [-0.4, -0.2) is 0 Å². The topological polar surface area (TPSA) is 0 Å². The lowest BCUT2D eigenvalue weighted by Crippen LogP contribution is -2.06. The van der Waals surface area contributed by atoms with E-state index in [1.165, 1.54) is 32.1 Å². The van der Waals surface area contributed by atoms with E-state index in [0.29, 0.717) is 0 Å². The number of hydrogen-bond donors (Lipinski definition) is 0. The van der Waals surface area contributed by atoms with Gasteiger partial charge in [-0.2, -0.15) is 0 Å². The molecule has 2 atom stereocenters. The third-order valence-corrected chi connectivity index (χ3v) is 4.53. The molecule has 0 aromatic heterocycles. The van der Waals surface area contributed by atoms with Crippen LogP contribution in [-0.2, 0) is 0 Å². The van der Waals surface area contributed by atoms with Crippen molar-refractivity contribution in [2.45, 2.75) is 59.8 Å². The summed E-state index contributed by atoms with van der Waals surface area (Å²) in [6.45, 7) is 9.39. The van der Waals surface area contributed by atoms with Crippen LogP contribution in [0.15, 0.2) is 22.3 Å². The smallest absolute Gasteiger partial charge is 0.0137 e. The third kappa shape index (κ3) is 2.04. The predicted molar refractivity (Wildman–Crippen MR) is 66.8 cm³/mol. The van der Waals surface area contributed by atoms with E-state index < -0.39 is 0 Å². The molecule has 0 N–H and O–H groups in total. The second-order valence-electron chi connectivity index (χ2n) is 5.74. The fourth-order valence-corrected chi connectivity index (χ4v) is 3.29. The van der Waals surface area contributed by atoms with E-state index in [0.717, 1.165) is 11.8 Å². The van der Waals surface area contributed by atoms with Gasteiger partial charge in [0.1, 0.15) is 0 Å². The first-order valence-corrected chi connectivity index (χ1v) is 6.43. The summed E-state index contributed by atoms with van der Waals surface area (Å²) < 4.78 is 0. The van der Waals surface area contributed by atoms with Gasteiger partial charge in [-0.05, 0) is 64.7 Å². The average Bonchev–Trinajstić information content (AvgIpc) is 2.43. The quantitative estimate of drug-likeness (QED) is 0.494. The van der Waals surface area contributed by atoms with Crippen molar-refractivity contribution >= 4 is 0 Å². The minimum Gasteiger partial charge on any atom is -0.0772 e. The molecule has 0 spiro atoms. The van der Waals surface area contributed by atoms with Crippen molar-refractivity contribution in [3.8, 4) is 0 Å². The Kier molecular flexibility index (Phi) is 3.04. The van der Waals surface area contributed by atoms with Crippen molar-refractivity contribution in [1.29, 1.82) is 0 Å². The van der Waals surface area contributed by atoms with E-state index in [1.54, 1.807) is 16.7 Å². The molecule has 0 bridgehead atoms. The lowest BCUT2D eigenvalue weighted by molar-refractivity contribution is 0.453. The van der Waals surface area contributed by atoms with E-state index in [2.05, 4.69) is 27.7 Å². The van der Waals surface area contributed by atoms with Crippen molar-refractivity contribution in [2.75, 3.05) is 0 Å². The zero-order valence-corrected chi connectivity index (χ0v) is 10.7. The number of hydrogen-bond acceptors (Lipinski definition) is 0. The van der Waals surface area contributed by atoms with Crippen LogP contribution in [0, 0.1) is 11.8 Å². The largest absolute Gasteiger partial charge is 0.0772 e. The van der Waals surface area contributed by atoms with Crippen molar-refractivity contribution in [1.82, 2.24) is 0 Å². The highest BCUT2D eigenvalue weighted by molar-refractivity contribution is 5.27. The number of rotatable bonds is 0. The van der Waals surface area contributed by atoms with Crippen molar-refractivity contribution in [3.05, 3.63) is 22.3 Å². The Morgan fingerprint density at radius 2 is 1.87 bits per heavy atom. The summed E-state index contributed by atoms with van der Waals surface area (Å²) in [4.78, 5) is 0. The third-order valence-electron chi connectivity index (χ3n) is 4.53. The minimum absolute atomic E-state index is 0.886. The molecule has 0 nitrogen and oxygen atoms in total. The molecule has 1 fully saturated rings. The Balaban J connectivity index is 2.30. The summed E-state index contributed by atoms with van der Waals surface area (Å²) in [5.41, 5.74) is 6.84. The van der Waals surface area contributed by atoms with Gasteiger partial charge in [0.25, 0.3) is 0 Å². The van der Waals surface area contributed by atoms with Crippen LogP contribution in [0.5, 0.6) is 0 Å². The molecule has 0 radical (unpaired) electrons. The zero-order chi connectivity index (χ0) is 11.0. The normalized spacial score (nSPS) is 31.6. The molecular formula is C15H24. The Labute approximate surface area is 94.5 Å². The molecule has 0 aromatic rings. The van der Waals surface area contributed by atoms with Gasteiger partial charge in [0.05, 0.1) is 0 Å². The Hall–Kier alpha value is -0.520. The molecule has 0 heterocycles. The SMILES string of the molecule is CC(C)=C1CCC(C)=C2CC[C@@H](C)[C@@H]2C1. The Bertz CT molecular complexity index is 313. The van der Waals surface area contributed by atoms with Crippen LogP contribution in [0.3, 0.4) is 0 Å². The van der Waals surface area contributed by atoms with Gasteiger partial charge in [0.15, 0.2) is 0 Å². The highest BCUT2D eigenvalue weighted by Gasteiger charge is 2.31. The monoisotopic (exact) mass is 204 g/mol. The predicted octanol–water partition coefficient (Wildman–Crippen LogP) is 4.87. The maximum Gasteiger partial charge on any atom is -0.0137 e. The standard InChI is InChI=1S/C15H24/c1-10(2)13-7-5-11(3)14-8-6-12(4)15(14)9-13/h12,15H,5-9H2,1-4H3/t12-,15+/m1/s1. The van der Waals surface area contributed by atoms with Crippen LogP contribution in [0.25, 0.3) is 0 Å². The van der Waals surface area contributed by atoms with Crippen LogP contribution in [0.4, 0.5) is 0 Å². The highest BCUT2D eigenvalue weighted by atomic mass is 14.4. The molecule has 1 saturated carbocycles. The zero-order valence-electron chi connectivity index (χ0n) is 10.7. The molecule has 0 amide bonds. The van der Waals surface area contributed by atoms with Crippen LogP contribution >= 0.6 is 0 Å². The molecule has 15 heavy (non-hydrogen) atoms.